The Labute approximate surface area is 172 Å². The molecule has 0 atom stereocenters. The standard InChI is InChI=1S/C18H27N7.HI/c1-19-18(20-12-17-21-14-22-24(17)2)23-16-8-10-25(11-9-16)13-15-6-4-3-5-7-15;/h3-7,14,16H,8-13H2,1-2H3,(H2,19,20,23);1H. The van der Waals surface area contributed by atoms with Crippen molar-refractivity contribution in [3.8, 4) is 0 Å². The molecular weight excluding hydrogens is 441 g/mol. The molecule has 1 aliphatic rings. The second-order valence-corrected chi connectivity index (χ2v) is 6.41. The SMILES string of the molecule is CN=C(NCc1ncnn1C)NC1CCN(Cc2ccccc2)CC1.I. The fourth-order valence-electron chi connectivity index (χ4n) is 3.11. The Balaban J connectivity index is 0.00000243. The van der Waals surface area contributed by atoms with Gasteiger partial charge in [0.25, 0.3) is 0 Å². The van der Waals surface area contributed by atoms with Crippen LogP contribution in [0.2, 0.25) is 0 Å². The molecule has 2 N–H and O–H groups in total. The maximum Gasteiger partial charge on any atom is 0.191 e. The first-order valence-corrected chi connectivity index (χ1v) is 8.81. The zero-order valence-electron chi connectivity index (χ0n) is 15.4. The van der Waals surface area contributed by atoms with E-state index in [-0.39, 0.29) is 24.0 Å². The van der Waals surface area contributed by atoms with Gasteiger partial charge in [0.1, 0.15) is 12.2 Å². The maximum absolute atomic E-state index is 4.32. The van der Waals surface area contributed by atoms with Gasteiger partial charge in [-0.25, -0.2) is 4.98 Å². The second-order valence-electron chi connectivity index (χ2n) is 6.41. The topological polar surface area (TPSA) is 70.4 Å². The Bertz CT molecular complexity index is 678. The van der Waals surface area contributed by atoms with Gasteiger partial charge in [0, 0.05) is 39.8 Å². The van der Waals surface area contributed by atoms with Crippen molar-refractivity contribution in [1.29, 1.82) is 0 Å². The molecule has 1 aliphatic heterocycles. The summed E-state index contributed by atoms with van der Waals surface area (Å²) in [5.74, 6) is 1.71. The van der Waals surface area contributed by atoms with E-state index in [9.17, 15) is 0 Å². The highest BCUT2D eigenvalue weighted by molar-refractivity contribution is 14.0. The highest BCUT2D eigenvalue weighted by Crippen LogP contribution is 2.13. The molecule has 0 spiro atoms. The molecule has 1 fully saturated rings. The molecule has 2 aromatic rings. The van der Waals surface area contributed by atoms with E-state index in [0.717, 1.165) is 44.3 Å². The molecule has 0 aliphatic carbocycles. The zero-order chi connectivity index (χ0) is 17.5. The molecule has 8 heteroatoms. The van der Waals surface area contributed by atoms with Crippen molar-refractivity contribution < 1.29 is 0 Å². The number of aryl methyl sites for hydroxylation is 1. The molecule has 26 heavy (non-hydrogen) atoms. The van der Waals surface area contributed by atoms with Crippen molar-refractivity contribution in [2.45, 2.75) is 32.0 Å². The van der Waals surface area contributed by atoms with Crippen LogP contribution in [0.25, 0.3) is 0 Å². The van der Waals surface area contributed by atoms with Gasteiger partial charge in [-0.2, -0.15) is 5.10 Å². The average molecular weight is 469 g/mol. The summed E-state index contributed by atoms with van der Waals surface area (Å²) < 4.78 is 1.77. The number of nitrogens with zero attached hydrogens (tertiary/aromatic N) is 5. The predicted molar refractivity (Wildman–Crippen MR) is 114 cm³/mol. The number of hydrogen-bond donors (Lipinski definition) is 2. The number of rotatable bonds is 5. The fraction of sp³-hybridized carbons (Fsp3) is 0.500. The third-order valence-electron chi connectivity index (χ3n) is 4.62. The average Bonchev–Trinajstić information content (AvgIpc) is 3.06. The molecule has 7 nitrogen and oxygen atoms in total. The highest BCUT2D eigenvalue weighted by Gasteiger charge is 2.20. The van der Waals surface area contributed by atoms with Crippen LogP contribution in [0, 0.1) is 0 Å². The highest BCUT2D eigenvalue weighted by atomic mass is 127. The molecule has 1 saturated heterocycles. The van der Waals surface area contributed by atoms with Crippen molar-refractivity contribution in [3.63, 3.8) is 0 Å². The molecule has 0 amide bonds. The van der Waals surface area contributed by atoms with Crippen LogP contribution in [-0.2, 0) is 20.1 Å². The van der Waals surface area contributed by atoms with Gasteiger partial charge in [-0.1, -0.05) is 30.3 Å². The van der Waals surface area contributed by atoms with Crippen LogP contribution < -0.4 is 10.6 Å². The van der Waals surface area contributed by atoms with Gasteiger partial charge in [-0.3, -0.25) is 14.6 Å². The predicted octanol–water partition coefficient (Wildman–Crippen LogP) is 1.76. The van der Waals surface area contributed by atoms with Crippen LogP contribution in [-0.4, -0.2) is 51.8 Å². The van der Waals surface area contributed by atoms with Crippen molar-refractivity contribution in [2.24, 2.45) is 12.0 Å². The van der Waals surface area contributed by atoms with E-state index in [4.69, 9.17) is 0 Å². The van der Waals surface area contributed by atoms with Gasteiger partial charge in [-0.15, -0.1) is 24.0 Å². The number of hydrogen-bond acceptors (Lipinski definition) is 4. The van der Waals surface area contributed by atoms with Crippen LogP contribution in [0.3, 0.4) is 0 Å². The monoisotopic (exact) mass is 469 g/mol. The summed E-state index contributed by atoms with van der Waals surface area (Å²) in [7, 11) is 3.69. The first-order valence-electron chi connectivity index (χ1n) is 8.81. The van der Waals surface area contributed by atoms with E-state index < -0.39 is 0 Å². The van der Waals surface area contributed by atoms with Crippen LogP contribution in [0.1, 0.15) is 24.2 Å². The summed E-state index contributed by atoms with van der Waals surface area (Å²) >= 11 is 0. The van der Waals surface area contributed by atoms with Crippen molar-refractivity contribution in [1.82, 2.24) is 30.3 Å². The van der Waals surface area contributed by atoms with Gasteiger partial charge in [-0.05, 0) is 18.4 Å². The number of benzene rings is 1. The number of guanidine groups is 1. The van der Waals surface area contributed by atoms with E-state index >= 15 is 0 Å². The Morgan fingerprint density at radius 3 is 2.58 bits per heavy atom. The minimum atomic E-state index is 0. The van der Waals surface area contributed by atoms with E-state index in [1.54, 1.807) is 18.1 Å². The third kappa shape index (κ3) is 5.94. The van der Waals surface area contributed by atoms with E-state index in [1.165, 1.54) is 5.56 Å². The quantitative estimate of drug-likeness (QED) is 0.397. The number of aromatic nitrogens is 3. The number of halogens is 1. The van der Waals surface area contributed by atoms with E-state index in [2.05, 4.69) is 60.9 Å². The van der Waals surface area contributed by atoms with Crippen LogP contribution in [0.5, 0.6) is 0 Å². The van der Waals surface area contributed by atoms with Gasteiger partial charge in [0.2, 0.25) is 0 Å². The molecule has 1 aromatic heterocycles. The van der Waals surface area contributed by atoms with Crippen LogP contribution >= 0.6 is 24.0 Å². The lowest BCUT2D eigenvalue weighted by molar-refractivity contribution is 0.198. The number of nitrogens with one attached hydrogen (secondary N) is 2. The van der Waals surface area contributed by atoms with E-state index in [0.29, 0.717) is 12.6 Å². The molecule has 3 rings (SSSR count). The summed E-state index contributed by atoms with van der Waals surface area (Å²) in [6.07, 6.45) is 3.81. The lowest BCUT2D eigenvalue weighted by atomic mass is 10.0. The largest absolute Gasteiger partial charge is 0.354 e. The minimum absolute atomic E-state index is 0. The second kappa shape index (κ2) is 10.5. The molecule has 0 bridgehead atoms. The van der Waals surface area contributed by atoms with Crippen molar-refractivity contribution in [2.75, 3.05) is 20.1 Å². The number of aliphatic imine (C=N–C) groups is 1. The lowest BCUT2D eigenvalue weighted by Crippen LogP contribution is -2.48. The summed E-state index contributed by atoms with van der Waals surface area (Å²) in [4.78, 5) is 11.1. The van der Waals surface area contributed by atoms with Gasteiger partial charge >= 0.3 is 0 Å². The molecule has 0 radical (unpaired) electrons. The van der Waals surface area contributed by atoms with Crippen molar-refractivity contribution >= 4 is 29.9 Å². The summed E-state index contributed by atoms with van der Waals surface area (Å²) in [5, 5.41) is 10.9. The lowest BCUT2D eigenvalue weighted by Gasteiger charge is -2.33. The first kappa shape index (κ1) is 20.6. The number of likely N-dealkylation sites (tertiary alicyclic amines) is 1. The smallest absolute Gasteiger partial charge is 0.191 e. The Morgan fingerprint density at radius 2 is 1.96 bits per heavy atom. The molecular formula is C18H28IN7. The third-order valence-corrected chi connectivity index (χ3v) is 4.62. The number of piperidine rings is 1. The first-order chi connectivity index (χ1) is 12.2. The molecule has 0 saturated carbocycles. The molecule has 1 aromatic carbocycles. The van der Waals surface area contributed by atoms with Gasteiger partial charge < -0.3 is 10.6 Å². The normalized spacial score (nSPS) is 16.2. The maximum atomic E-state index is 4.32. The molecule has 2 heterocycles. The van der Waals surface area contributed by atoms with Gasteiger partial charge in [0.05, 0.1) is 6.54 Å². The summed E-state index contributed by atoms with van der Waals surface area (Å²) in [6.45, 7) is 3.86. The Hall–Kier alpha value is -1.68. The minimum Gasteiger partial charge on any atom is -0.354 e. The fourth-order valence-corrected chi connectivity index (χ4v) is 3.11. The van der Waals surface area contributed by atoms with Crippen molar-refractivity contribution in [3.05, 3.63) is 48.0 Å². The summed E-state index contributed by atoms with van der Waals surface area (Å²) in [6, 6.07) is 11.1. The molecule has 0 unspecified atom stereocenters. The van der Waals surface area contributed by atoms with Gasteiger partial charge in [0.15, 0.2) is 5.96 Å². The van der Waals surface area contributed by atoms with Crippen LogP contribution in [0.4, 0.5) is 0 Å². The molecule has 142 valence electrons. The van der Waals surface area contributed by atoms with Crippen LogP contribution in [0.15, 0.2) is 41.7 Å². The zero-order valence-corrected chi connectivity index (χ0v) is 17.8. The summed E-state index contributed by atoms with van der Waals surface area (Å²) in [5.41, 5.74) is 1.38. The Kier molecular flexibility index (Phi) is 8.30. The van der Waals surface area contributed by atoms with E-state index in [1.807, 2.05) is 7.05 Å². The Morgan fingerprint density at radius 1 is 1.23 bits per heavy atom.